The molecule has 3 heterocycles. The van der Waals surface area contributed by atoms with Crippen molar-refractivity contribution in [3.8, 4) is 0 Å². The van der Waals surface area contributed by atoms with Crippen molar-refractivity contribution in [2.75, 3.05) is 16.8 Å². The summed E-state index contributed by atoms with van der Waals surface area (Å²) in [4.78, 5) is 27.5. The Balaban J connectivity index is 1.99. The van der Waals surface area contributed by atoms with Crippen molar-refractivity contribution in [2.45, 2.75) is 25.7 Å². The van der Waals surface area contributed by atoms with Crippen molar-refractivity contribution in [3.63, 3.8) is 0 Å². The van der Waals surface area contributed by atoms with E-state index in [0.29, 0.717) is 28.9 Å². The zero-order valence-corrected chi connectivity index (χ0v) is 14.1. The molecule has 6 nitrogen and oxygen atoms in total. The lowest BCUT2D eigenvalue weighted by molar-refractivity contribution is -0.126. The second kappa shape index (κ2) is 5.08. The molecule has 2 amide bonds. The van der Waals surface area contributed by atoms with Gasteiger partial charge in [0, 0.05) is 29.2 Å². The largest absolute Gasteiger partial charge is 0.311 e. The van der Waals surface area contributed by atoms with Crippen LogP contribution in [0, 0.1) is 5.92 Å². The van der Waals surface area contributed by atoms with Gasteiger partial charge < -0.3 is 10.2 Å². The minimum atomic E-state index is -1.06. The monoisotopic (exact) mass is 344 g/mol. The molecule has 4 rings (SSSR count). The second-order valence-corrected chi connectivity index (χ2v) is 7.20. The molecule has 1 aromatic heterocycles. The van der Waals surface area contributed by atoms with Crippen LogP contribution in [0.1, 0.15) is 31.4 Å². The van der Waals surface area contributed by atoms with E-state index in [4.69, 9.17) is 11.6 Å². The fourth-order valence-electron chi connectivity index (χ4n) is 3.74. The number of benzene rings is 1. The number of nitrogens with one attached hydrogen (secondary N) is 2. The Morgan fingerprint density at radius 1 is 1.33 bits per heavy atom. The second-order valence-electron chi connectivity index (χ2n) is 6.76. The molecule has 2 aliphatic heterocycles. The van der Waals surface area contributed by atoms with Crippen LogP contribution in [0.2, 0.25) is 5.02 Å². The first kappa shape index (κ1) is 15.2. The first-order chi connectivity index (χ1) is 11.4. The summed E-state index contributed by atoms with van der Waals surface area (Å²) >= 11 is 6.21. The Bertz CT molecular complexity index is 860. The molecular weight excluding hydrogens is 328 g/mol. The van der Waals surface area contributed by atoms with Gasteiger partial charge in [-0.05, 0) is 29.7 Å². The molecule has 2 aliphatic rings. The highest BCUT2D eigenvalue weighted by Crippen LogP contribution is 2.52. The third kappa shape index (κ3) is 1.92. The van der Waals surface area contributed by atoms with Gasteiger partial charge in [-0.3, -0.25) is 14.7 Å². The summed E-state index contributed by atoms with van der Waals surface area (Å²) in [5.74, 6) is 0.481. The van der Waals surface area contributed by atoms with E-state index in [1.165, 1.54) is 0 Å². The fraction of sp³-hybridized carbons (Fsp3) is 0.353. The quantitative estimate of drug-likeness (QED) is 0.879. The van der Waals surface area contributed by atoms with Crippen molar-refractivity contribution < 1.29 is 9.59 Å². The summed E-state index contributed by atoms with van der Waals surface area (Å²) < 4.78 is 0. The molecule has 1 spiro atoms. The molecule has 0 aliphatic carbocycles. The van der Waals surface area contributed by atoms with Gasteiger partial charge in [0.25, 0.3) is 0 Å². The van der Waals surface area contributed by atoms with Crippen LogP contribution in [0.15, 0.2) is 24.4 Å². The number of amides is 2. The minimum absolute atomic E-state index is 0.0559. The molecule has 2 aromatic rings. The summed E-state index contributed by atoms with van der Waals surface area (Å²) in [6.45, 7) is 4.71. The van der Waals surface area contributed by atoms with E-state index in [-0.39, 0.29) is 18.2 Å². The molecule has 1 aromatic carbocycles. The maximum Gasteiger partial charge on any atom is 0.242 e. The van der Waals surface area contributed by atoms with E-state index >= 15 is 0 Å². The highest BCUT2D eigenvalue weighted by Gasteiger charge is 2.56. The van der Waals surface area contributed by atoms with Gasteiger partial charge in [-0.2, -0.15) is 5.10 Å². The number of H-pyrrole nitrogens is 1. The predicted octanol–water partition coefficient (Wildman–Crippen LogP) is 2.69. The number of nitrogens with zero attached hydrogens (tertiary/aromatic N) is 2. The van der Waals surface area contributed by atoms with Crippen molar-refractivity contribution in [3.05, 3.63) is 40.5 Å². The molecule has 0 unspecified atom stereocenters. The van der Waals surface area contributed by atoms with Gasteiger partial charge in [0.2, 0.25) is 11.8 Å². The molecular formula is C17H17ClN4O2. The van der Waals surface area contributed by atoms with Crippen LogP contribution in [-0.2, 0) is 15.0 Å². The summed E-state index contributed by atoms with van der Waals surface area (Å²) in [6, 6.07) is 5.43. The van der Waals surface area contributed by atoms with Crippen LogP contribution < -0.4 is 10.2 Å². The van der Waals surface area contributed by atoms with E-state index in [2.05, 4.69) is 29.4 Å². The maximum absolute atomic E-state index is 13.5. The van der Waals surface area contributed by atoms with Gasteiger partial charge in [-0.15, -0.1) is 0 Å². The summed E-state index contributed by atoms with van der Waals surface area (Å²) in [7, 11) is 0. The van der Waals surface area contributed by atoms with Gasteiger partial charge in [0.1, 0.15) is 11.2 Å². The van der Waals surface area contributed by atoms with Gasteiger partial charge in [-0.1, -0.05) is 25.4 Å². The standard InChI is InChI=1S/C17H17ClN4O2/c1-9(2)8-22-13-4-3-10(18)5-11(13)17(16(22)24)6-14(23)20-15-12(17)7-19-21-15/h3-5,7,9H,6,8H2,1-2H3,(H2,19,20,21,23)/t17-/m0/s1. The molecule has 0 fully saturated rings. The number of aromatic amines is 1. The topological polar surface area (TPSA) is 78.1 Å². The van der Waals surface area contributed by atoms with Crippen LogP contribution >= 0.6 is 11.6 Å². The van der Waals surface area contributed by atoms with Crippen LogP contribution in [0.25, 0.3) is 0 Å². The first-order valence-electron chi connectivity index (χ1n) is 7.89. The van der Waals surface area contributed by atoms with Crippen molar-refractivity contribution in [1.82, 2.24) is 10.2 Å². The number of carbonyl (C=O) groups is 2. The average Bonchev–Trinajstić information content (AvgIpc) is 3.06. The lowest BCUT2D eigenvalue weighted by Crippen LogP contribution is -2.47. The van der Waals surface area contributed by atoms with Crippen LogP contribution in [-0.4, -0.2) is 28.6 Å². The van der Waals surface area contributed by atoms with Crippen molar-refractivity contribution in [2.24, 2.45) is 5.92 Å². The number of fused-ring (bicyclic) bond motifs is 4. The normalized spacial score (nSPS) is 22.1. The third-order valence-electron chi connectivity index (χ3n) is 4.66. The Kier molecular flexibility index (Phi) is 3.22. The molecule has 0 bridgehead atoms. The lowest BCUT2D eigenvalue weighted by atomic mass is 9.72. The van der Waals surface area contributed by atoms with E-state index in [1.807, 2.05) is 6.07 Å². The van der Waals surface area contributed by atoms with E-state index < -0.39 is 5.41 Å². The molecule has 2 N–H and O–H groups in total. The van der Waals surface area contributed by atoms with Gasteiger partial charge in [0.15, 0.2) is 0 Å². The third-order valence-corrected chi connectivity index (χ3v) is 4.89. The van der Waals surface area contributed by atoms with Crippen LogP contribution in [0.4, 0.5) is 11.5 Å². The number of anilines is 2. The zero-order valence-electron chi connectivity index (χ0n) is 13.4. The van der Waals surface area contributed by atoms with E-state index in [0.717, 1.165) is 11.3 Å². The molecule has 7 heteroatoms. The SMILES string of the molecule is CC(C)CN1C(=O)[C@@]2(CC(=O)Nc3[nH]ncc32)c2cc(Cl)ccc21. The minimum Gasteiger partial charge on any atom is -0.311 e. The zero-order chi connectivity index (χ0) is 17.1. The van der Waals surface area contributed by atoms with Crippen molar-refractivity contribution in [1.29, 1.82) is 0 Å². The first-order valence-corrected chi connectivity index (χ1v) is 8.27. The Morgan fingerprint density at radius 2 is 2.12 bits per heavy atom. The predicted molar refractivity (Wildman–Crippen MR) is 91.3 cm³/mol. The maximum atomic E-state index is 13.5. The highest BCUT2D eigenvalue weighted by molar-refractivity contribution is 6.31. The number of hydrogen-bond donors (Lipinski definition) is 2. The number of hydrogen-bond acceptors (Lipinski definition) is 3. The van der Waals surface area contributed by atoms with Gasteiger partial charge in [-0.25, -0.2) is 0 Å². The van der Waals surface area contributed by atoms with Gasteiger partial charge in [0.05, 0.1) is 6.20 Å². The fourth-order valence-corrected chi connectivity index (χ4v) is 3.91. The molecule has 124 valence electrons. The van der Waals surface area contributed by atoms with E-state index in [1.54, 1.807) is 23.2 Å². The Labute approximate surface area is 144 Å². The molecule has 1 atom stereocenters. The molecule has 24 heavy (non-hydrogen) atoms. The molecule has 0 saturated carbocycles. The summed E-state index contributed by atoms with van der Waals surface area (Å²) in [5, 5.41) is 10.1. The molecule has 0 radical (unpaired) electrons. The number of halogens is 1. The number of aromatic nitrogens is 2. The molecule has 0 saturated heterocycles. The highest BCUT2D eigenvalue weighted by atomic mass is 35.5. The number of carbonyl (C=O) groups excluding carboxylic acids is 2. The average molecular weight is 345 g/mol. The smallest absolute Gasteiger partial charge is 0.242 e. The lowest BCUT2D eigenvalue weighted by Gasteiger charge is -2.32. The summed E-state index contributed by atoms with van der Waals surface area (Å²) in [6.07, 6.45) is 1.68. The van der Waals surface area contributed by atoms with E-state index in [9.17, 15) is 9.59 Å². The Hall–Kier alpha value is -2.34. The van der Waals surface area contributed by atoms with Crippen LogP contribution in [0.5, 0.6) is 0 Å². The van der Waals surface area contributed by atoms with Gasteiger partial charge >= 0.3 is 0 Å². The summed E-state index contributed by atoms with van der Waals surface area (Å²) in [5.41, 5.74) is 1.24. The van der Waals surface area contributed by atoms with Crippen molar-refractivity contribution >= 4 is 34.9 Å². The number of rotatable bonds is 2. The Morgan fingerprint density at radius 3 is 2.88 bits per heavy atom. The van der Waals surface area contributed by atoms with Crippen LogP contribution in [0.3, 0.4) is 0 Å².